The first-order valence-electron chi connectivity index (χ1n) is 7.71. The highest BCUT2D eigenvalue weighted by atomic mass is 19.4. The van der Waals surface area contributed by atoms with Crippen LogP contribution in [0.5, 0.6) is 0 Å². The molecule has 0 amide bonds. The van der Waals surface area contributed by atoms with Crippen LogP contribution in [0, 0.1) is 11.3 Å². The summed E-state index contributed by atoms with van der Waals surface area (Å²) in [6, 6.07) is 7.58. The molecule has 1 N–H and O–H groups in total. The third-order valence-electron chi connectivity index (χ3n) is 4.52. The number of pyridine rings is 1. The van der Waals surface area contributed by atoms with E-state index in [4.69, 9.17) is 0 Å². The summed E-state index contributed by atoms with van der Waals surface area (Å²) in [7, 11) is 0. The zero-order chi connectivity index (χ0) is 18.2. The first-order chi connectivity index (χ1) is 11.8. The van der Waals surface area contributed by atoms with Gasteiger partial charge >= 0.3 is 6.18 Å². The summed E-state index contributed by atoms with van der Waals surface area (Å²) < 4.78 is 40.2. The largest absolute Gasteiger partial charge is 0.416 e. The van der Waals surface area contributed by atoms with Crippen LogP contribution in [0.15, 0.2) is 36.7 Å². The van der Waals surface area contributed by atoms with E-state index in [9.17, 15) is 18.4 Å². The summed E-state index contributed by atoms with van der Waals surface area (Å²) in [6.07, 6.45) is -1.06. The lowest BCUT2D eigenvalue weighted by Crippen LogP contribution is -2.19. The maximum absolute atomic E-state index is 13.4. The number of halogens is 3. The van der Waals surface area contributed by atoms with E-state index in [2.05, 4.69) is 21.3 Å². The van der Waals surface area contributed by atoms with Gasteiger partial charge in [0.15, 0.2) is 5.65 Å². The molecular weight excluding hydrogens is 329 g/mol. The fourth-order valence-electron chi connectivity index (χ4n) is 2.72. The highest BCUT2D eigenvalue weighted by Crippen LogP contribution is 2.38. The predicted octanol–water partition coefficient (Wildman–Crippen LogP) is 4.83. The standard InChI is InChI=1S/C18H15F3N4/c1-3-17(2,10-22)12-6-11(7-13(8-12)18(19,20)21)14-4-5-23-16-15(14)9-24-25-16/h4-9H,3H2,1-2H3,(H,23,24,25). The number of aromatic nitrogens is 3. The molecule has 0 spiro atoms. The Bertz CT molecular complexity index is 968. The van der Waals surface area contributed by atoms with E-state index in [1.807, 2.05) is 0 Å². The van der Waals surface area contributed by atoms with Gasteiger partial charge in [0.2, 0.25) is 0 Å². The van der Waals surface area contributed by atoms with Gasteiger partial charge in [0.1, 0.15) is 0 Å². The summed E-state index contributed by atoms with van der Waals surface area (Å²) in [6.45, 7) is 3.43. The summed E-state index contributed by atoms with van der Waals surface area (Å²) in [4.78, 5) is 4.11. The zero-order valence-electron chi connectivity index (χ0n) is 13.6. The van der Waals surface area contributed by atoms with Crippen LogP contribution in [0.1, 0.15) is 31.4 Å². The number of nitriles is 1. The van der Waals surface area contributed by atoms with E-state index in [0.29, 0.717) is 34.1 Å². The maximum Gasteiger partial charge on any atom is 0.416 e. The summed E-state index contributed by atoms with van der Waals surface area (Å²) >= 11 is 0. The molecule has 0 radical (unpaired) electrons. The van der Waals surface area contributed by atoms with Crippen LogP contribution < -0.4 is 0 Å². The molecule has 0 saturated carbocycles. The van der Waals surface area contributed by atoms with Crippen molar-refractivity contribution in [3.05, 3.63) is 47.8 Å². The molecule has 1 atom stereocenters. The molecule has 25 heavy (non-hydrogen) atoms. The second-order valence-corrected chi connectivity index (χ2v) is 6.09. The van der Waals surface area contributed by atoms with Crippen molar-refractivity contribution in [3.63, 3.8) is 0 Å². The Morgan fingerprint density at radius 1 is 1.20 bits per heavy atom. The number of fused-ring (bicyclic) bond motifs is 1. The van der Waals surface area contributed by atoms with E-state index in [1.165, 1.54) is 12.4 Å². The Morgan fingerprint density at radius 2 is 1.92 bits per heavy atom. The number of nitrogens with zero attached hydrogens (tertiary/aromatic N) is 3. The van der Waals surface area contributed by atoms with Crippen molar-refractivity contribution in [1.29, 1.82) is 5.26 Å². The van der Waals surface area contributed by atoms with Crippen LogP contribution in [0.4, 0.5) is 13.2 Å². The van der Waals surface area contributed by atoms with E-state index < -0.39 is 17.2 Å². The fraction of sp³-hybridized carbons (Fsp3) is 0.278. The second kappa shape index (κ2) is 5.88. The van der Waals surface area contributed by atoms with Crippen LogP contribution >= 0.6 is 0 Å². The number of benzene rings is 1. The Hall–Kier alpha value is -2.88. The van der Waals surface area contributed by atoms with Gasteiger partial charge in [-0.15, -0.1) is 0 Å². The van der Waals surface area contributed by atoms with Gasteiger partial charge < -0.3 is 0 Å². The highest BCUT2D eigenvalue weighted by Gasteiger charge is 2.34. The third-order valence-corrected chi connectivity index (χ3v) is 4.52. The Morgan fingerprint density at radius 3 is 2.56 bits per heavy atom. The van der Waals surface area contributed by atoms with Crippen molar-refractivity contribution in [2.75, 3.05) is 0 Å². The van der Waals surface area contributed by atoms with Gasteiger partial charge in [0.25, 0.3) is 0 Å². The topological polar surface area (TPSA) is 65.4 Å². The SMILES string of the molecule is CCC(C)(C#N)c1cc(-c2ccnc3[nH]ncc23)cc(C(F)(F)F)c1. The van der Waals surface area contributed by atoms with Crippen LogP contribution in [-0.4, -0.2) is 15.2 Å². The summed E-state index contributed by atoms with van der Waals surface area (Å²) in [5.74, 6) is 0. The van der Waals surface area contributed by atoms with E-state index in [-0.39, 0.29) is 0 Å². The number of hydrogen-bond donors (Lipinski definition) is 1. The Kier molecular flexibility index (Phi) is 3.99. The van der Waals surface area contributed by atoms with Gasteiger partial charge in [0, 0.05) is 11.6 Å². The van der Waals surface area contributed by atoms with Gasteiger partial charge in [-0.05, 0) is 54.3 Å². The number of alkyl halides is 3. The van der Waals surface area contributed by atoms with Gasteiger partial charge in [0.05, 0.1) is 23.2 Å². The molecule has 7 heteroatoms. The number of nitrogens with one attached hydrogen (secondary N) is 1. The van der Waals surface area contributed by atoms with Crippen LogP contribution in [0.3, 0.4) is 0 Å². The molecule has 2 heterocycles. The monoisotopic (exact) mass is 344 g/mol. The molecule has 0 bridgehead atoms. The lowest BCUT2D eigenvalue weighted by atomic mass is 9.79. The number of H-pyrrole nitrogens is 1. The molecule has 1 unspecified atom stereocenters. The Balaban J connectivity index is 2.30. The average molecular weight is 344 g/mol. The average Bonchev–Trinajstić information content (AvgIpc) is 3.08. The minimum atomic E-state index is -4.50. The number of hydrogen-bond acceptors (Lipinski definition) is 3. The van der Waals surface area contributed by atoms with Crippen molar-refractivity contribution in [2.45, 2.75) is 31.9 Å². The van der Waals surface area contributed by atoms with E-state index in [0.717, 1.165) is 12.1 Å². The fourth-order valence-corrected chi connectivity index (χ4v) is 2.72. The molecule has 0 saturated heterocycles. The van der Waals surface area contributed by atoms with Crippen molar-refractivity contribution >= 4 is 11.0 Å². The number of rotatable bonds is 3. The van der Waals surface area contributed by atoms with Gasteiger partial charge in [-0.3, -0.25) is 5.10 Å². The lowest BCUT2D eigenvalue weighted by molar-refractivity contribution is -0.137. The highest BCUT2D eigenvalue weighted by molar-refractivity contribution is 5.92. The second-order valence-electron chi connectivity index (χ2n) is 6.09. The first-order valence-corrected chi connectivity index (χ1v) is 7.71. The summed E-state index contributed by atoms with van der Waals surface area (Å²) in [5.41, 5.74) is 0.0312. The van der Waals surface area contributed by atoms with E-state index >= 15 is 0 Å². The molecule has 0 aliphatic carbocycles. The van der Waals surface area contributed by atoms with Gasteiger partial charge in [-0.2, -0.15) is 23.5 Å². The lowest BCUT2D eigenvalue weighted by Gasteiger charge is -2.22. The molecule has 2 aromatic heterocycles. The molecular formula is C18H15F3N4. The van der Waals surface area contributed by atoms with Crippen LogP contribution in [0.25, 0.3) is 22.2 Å². The third kappa shape index (κ3) is 2.95. The van der Waals surface area contributed by atoms with Gasteiger partial charge in [-0.1, -0.05) is 6.92 Å². The molecule has 0 fully saturated rings. The summed E-state index contributed by atoms with van der Waals surface area (Å²) in [5, 5.41) is 16.7. The van der Waals surface area contributed by atoms with Crippen molar-refractivity contribution in [1.82, 2.24) is 15.2 Å². The minimum Gasteiger partial charge on any atom is -0.261 e. The Labute approximate surface area is 142 Å². The molecule has 128 valence electrons. The molecule has 3 rings (SSSR count). The predicted molar refractivity (Wildman–Crippen MR) is 87.6 cm³/mol. The van der Waals surface area contributed by atoms with E-state index in [1.54, 1.807) is 26.0 Å². The van der Waals surface area contributed by atoms with Crippen molar-refractivity contribution in [2.24, 2.45) is 0 Å². The number of aromatic amines is 1. The first kappa shape index (κ1) is 17.0. The van der Waals surface area contributed by atoms with Crippen LogP contribution in [0.2, 0.25) is 0 Å². The molecule has 3 aromatic rings. The van der Waals surface area contributed by atoms with Gasteiger partial charge in [-0.25, -0.2) is 4.98 Å². The van der Waals surface area contributed by atoms with Crippen molar-refractivity contribution in [3.8, 4) is 17.2 Å². The quantitative estimate of drug-likeness (QED) is 0.740. The maximum atomic E-state index is 13.4. The minimum absolute atomic E-state index is 0.343. The molecule has 4 nitrogen and oxygen atoms in total. The molecule has 1 aromatic carbocycles. The smallest absolute Gasteiger partial charge is 0.261 e. The van der Waals surface area contributed by atoms with Crippen LogP contribution in [-0.2, 0) is 11.6 Å². The zero-order valence-corrected chi connectivity index (χ0v) is 13.6. The van der Waals surface area contributed by atoms with Crippen molar-refractivity contribution < 1.29 is 13.2 Å². The normalized spacial score (nSPS) is 14.2. The molecule has 0 aliphatic rings. The molecule has 0 aliphatic heterocycles.